The topological polar surface area (TPSA) is 79.1 Å². The molecule has 1 aromatic heterocycles. The lowest BCUT2D eigenvalue weighted by atomic mass is 9.96. The van der Waals surface area contributed by atoms with Gasteiger partial charge in [-0.3, -0.25) is 9.36 Å². The minimum atomic E-state index is -0.703. The Kier molecular flexibility index (Phi) is 8.36. The number of esters is 1. The number of methoxy groups -OCH3 is 1. The molecule has 0 radical (unpaired) electrons. The molecule has 192 valence electrons. The summed E-state index contributed by atoms with van der Waals surface area (Å²) in [6.45, 7) is 7.68. The normalized spacial score (nSPS) is 15.2. The predicted molar refractivity (Wildman–Crippen MR) is 148 cm³/mol. The van der Waals surface area contributed by atoms with Crippen LogP contribution in [0.5, 0.6) is 11.5 Å². The highest BCUT2D eigenvalue weighted by Crippen LogP contribution is 2.37. The Morgan fingerprint density at radius 1 is 1.30 bits per heavy atom. The van der Waals surface area contributed by atoms with Gasteiger partial charge in [-0.05, 0) is 71.2 Å². The first-order valence-corrected chi connectivity index (χ1v) is 13.3. The van der Waals surface area contributed by atoms with Gasteiger partial charge in [0.05, 0.1) is 40.0 Å². The SMILES string of the molecule is C=CCOc1c(Br)cc(/C=c2/sc3n(c2=O)[C@H](c2ccc(Cl)cc2)C(C(=O)OCC)=C(C)N=3)cc1OC. The number of hydrogen-bond acceptors (Lipinski definition) is 7. The van der Waals surface area contributed by atoms with Crippen molar-refractivity contribution in [1.82, 2.24) is 4.57 Å². The largest absolute Gasteiger partial charge is 0.493 e. The van der Waals surface area contributed by atoms with Gasteiger partial charge in [-0.15, -0.1) is 0 Å². The molecule has 0 saturated carbocycles. The maximum Gasteiger partial charge on any atom is 0.338 e. The van der Waals surface area contributed by atoms with Gasteiger partial charge in [0.1, 0.15) is 6.61 Å². The molecule has 2 aromatic carbocycles. The van der Waals surface area contributed by atoms with E-state index < -0.39 is 12.0 Å². The fourth-order valence-corrected chi connectivity index (χ4v) is 5.76. The average Bonchev–Trinajstić information content (AvgIpc) is 3.17. The van der Waals surface area contributed by atoms with Gasteiger partial charge in [-0.25, -0.2) is 9.79 Å². The molecule has 3 aromatic rings. The van der Waals surface area contributed by atoms with Crippen LogP contribution in [0.1, 0.15) is 31.0 Å². The van der Waals surface area contributed by atoms with Gasteiger partial charge in [0.25, 0.3) is 5.56 Å². The van der Waals surface area contributed by atoms with Crippen LogP contribution in [0.3, 0.4) is 0 Å². The molecular weight excluding hydrogens is 580 g/mol. The Balaban J connectivity index is 1.90. The third kappa shape index (κ3) is 5.44. The predicted octanol–water partition coefficient (Wildman–Crippen LogP) is 4.79. The van der Waals surface area contributed by atoms with Gasteiger partial charge in [0.15, 0.2) is 16.3 Å². The number of nitrogens with zero attached hydrogens (tertiary/aromatic N) is 2. The monoisotopic (exact) mass is 602 g/mol. The van der Waals surface area contributed by atoms with Gasteiger partial charge in [-0.1, -0.05) is 47.7 Å². The maximum atomic E-state index is 13.8. The third-order valence-corrected chi connectivity index (χ3v) is 7.42. The van der Waals surface area contributed by atoms with E-state index in [1.54, 1.807) is 63.4 Å². The van der Waals surface area contributed by atoms with Gasteiger partial charge < -0.3 is 14.2 Å². The van der Waals surface area contributed by atoms with Crippen LogP contribution in [0.4, 0.5) is 0 Å². The van der Waals surface area contributed by atoms with Crippen molar-refractivity contribution in [3.05, 3.63) is 101 Å². The summed E-state index contributed by atoms with van der Waals surface area (Å²) in [6, 6.07) is 9.97. The summed E-state index contributed by atoms with van der Waals surface area (Å²) in [5.74, 6) is 0.537. The van der Waals surface area contributed by atoms with E-state index in [1.807, 2.05) is 6.07 Å². The summed E-state index contributed by atoms with van der Waals surface area (Å²) in [5.41, 5.74) is 1.99. The fraction of sp³-hybridized carbons (Fsp3) is 0.222. The average molecular weight is 604 g/mol. The zero-order chi connectivity index (χ0) is 26.7. The van der Waals surface area contributed by atoms with E-state index in [4.69, 9.17) is 25.8 Å². The van der Waals surface area contributed by atoms with Crippen molar-refractivity contribution in [2.45, 2.75) is 19.9 Å². The van der Waals surface area contributed by atoms with Crippen LogP contribution in [0.15, 0.2) is 74.6 Å². The number of carbonyl (C=O) groups is 1. The number of fused-ring (bicyclic) bond motifs is 1. The molecule has 2 heterocycles. The van der Waals surface area contributed by atoms with E-state index in [0.29, 0.717) is 48.2 Å². The van der Waals surface area contributed by atoms with Crippen molar-refractivity contribution in [1.29, 1.82) is 0 Å². The first kappa shape index (κ1) is 26.9. The molecule has 4 rings (SSSR count). The molecule has 1 aliphatic heterocycles. The van der Waals surface area contributed by atoms with Gasteiger partial charge in [-0.2, -0.15) is 0 Å². The number of carbonyl (C=O) groups excluding carboxylic acids is 1. The summed E-state index contributed by atoms with van der Waals surface area (Å²) in [7, 11) is 1.55. The van der Waals surface area contributed by atoms with E-state index in [2.05, 4.69) is 27.5 Å². The van der Waals surface area contributed by atoms with E-state index >= 15 is 0 Å². The molecule has 0 spiro atoms. The minimum Gasteiger partial charge on any atom is -0.493 e. The Morgan fingerprint density at radius 3 is 2.68 bits per heavy atom. The van der Waals surface area contributed by atoms with E-state index in [-0.39, 0.29) is 12.2 Å². The number of allylic oxidation sites excluding steroid dienone is 1. The van der Waals surface area contributed by atoms with Crippen molar-refractivity contribution >= 4 is 50.9 Å². The molecule has 0 unspecified atom stereocenters. The molecule has 37 heavy (non-hydrogen) atoms. The second-order valence-electron chi connectivity index (χ2n) is 7.99. The first-order valence-electron chi connectivity index (χ1n) is 11.3. The summed E-state index contributed by atoms with van der Waals surface area (Å²) in [6.07, 6.45) is 3.40. The highest BCUT2D eigenvalue weighted by atomic mass is 79.9. The minimum absolute atomic E-state index is 0.205. The Bertz CT molecular complexity index is 1570. The lowest BCUT2D eigenvalue weighted by Crippen LogP contribution is -2.39. The van der Waals surface area contributed by atoms with Crippen LogP contribution in [-0.2, 0) is 9.53 Å². The Labute approximate surface area is 231 Å². The van der Waals surface area contributed by atoms with Crippen LogP contribution in [0, 0.1) is 0 Å². The molecule has 7 nitrogen and oxygen atoms in total. The molecule has 0 fully saturated rings. The summed E-state index contributed by atoms with van der Waals surface area (Å²) < 4.78 is 19.2. The first-order chi connectivity index (χ1) is 17.8. The van der Waals surface area contributed by atoms with Crippen LogP contribution in [0.2, 0.25) is 5.02 Å². The summed E-state index contributed by atoms with van der Waals surface area (Å²) in [5, 5.41) is 0.551. The van der Waals surface area contributed by atoms with Crippen molar-refractivity contribution in [2.24, 2.45) is 4.99 Å². The second-order valence-corrected chi connectivity index (χ2v) is 10.3. The summed E-state index contributed by atoms with van der Waals surface area (Å²) in [4.78, 5) is 31.8. The van der Waals surface area contributed by atoms with Gasteiger partial charge in [0, 0.05) is 5.02 Å². The number of aromatic nitrogens is 1. The fourth-order valence-electron chi connectivity index (χ4n) is 4.01. The van der Waals surface area contributed by atoms with Crippen LogP contribution in [-0.4, -0.2) is 30.9 Å². The van der Waals surface area contributed by atoms with Gasteiger partial charge in [0.2, 0.25) is 0 Å². The number of benzene rings is 2. The molecule has 1 atom stereocenters. The zero-order valence-electron chi connectivity index (χ0n) is 20.4. The van der Waals surface area contributed by atoms with Crippen molar-refractivity contribution in [2.75, 3.05) is 20.3 Å². The number of rotatable bonds is 8. The molecular formula is C27H24BrClN2O5S. The van der Waals surface area contributed by atoms with E-state index in [9.17, 15) is 9.59 Å². The Morgan fingerprint density at radius 2 is 2.03 bits per heavy atom. The van der Waals surface area contributed by atoms with Crippen molar-refractivity contribution in [3.8, 4) is 11.5 Å². The Hall–Kier alpha value is -3.14. The number of halogens is 2. The zero-order valence-corrected chi connectivity index (χ0v) is 23.6. The van der Waals surface area contributed by atoms with Crippen LogP contribution >= 0.6 is 38.9 Å². The lowest BCUT2D eigenvalue weighted by Gasteiger charge is -2.24. The second kappa shape index (κ2) is 11.5. The van der Waals surface area contributed by atoms with Gasteiger partial charge >= 0.3 is 5.97 Å². The maximum absolute atomic E-state index is 13.8. The highest BCUT2D eigenvalue weighted by Gasteiger charge is 2.33. The summed E-state index contributed by atoms with van der Waals surface area (Å²) >= 11 is 10.9. The number of thiazole rings is 1. The van der Waals surface area contributed by atoms with Crippen LogP contribution in [0.25, 0.3) is 6.08 Å². The molecule has 0 amide bonds. The molecule has 0 bridgehead atoms. The third-order valence-electron chi connectivity index (χ3n) is 5.60. The van der Waals surface area contributed by atoms with E-state index in [0.717, 1.165) is 11.1 Å². The molecule has 0 N–H and O–H groups in total. The van der Waals surface area contributed by atoms with Crippen molar-refractivity contribution < 1.29 is 19.0 Å². The highest BCUT2D eigenvalue weighted by molar-refractivity contribution is 9.10. The molecule has 0 saturated heterocycles. The van der Waals surface area contributed by atoms with Crippen LogP contribution < -0.4 is 24.4 Å². The number of ether oxygens (including phenoxy) is 3. The molecule has 1 aliphatic rings. The smallest absolute Gasteiger partial charge is 0.338 e. The molecule has 10 heteroatoms. The van der Waals surface area contributed by atoms with E-state index in [1.165, 1.54) is 15.9 Å². The lowest BCUT2D eigenvalue weighted by molar-refractivity contribution is -0.139. The standard InChI is InChI=1S/C27H24BrClN2O5S/c1-5-11-36-24-19(28)12-16(13-20(24)34-4)14-21-25(32)31-23(17-7-9-18(29)10-8-17)22(26(33)35-6-2)15(3)30-27(31)37-21/h5,7-10,12-14,23H,1,6,11H2,2-4H3/b21-14+/t23-/m1/s1. The molecule has 0 aliphatic carbocycles. The quantitative estimate of drug-likeness (QED) is 0.273. The number of hydrogen-bond donors (Lipinski definition) is 0. The van der Waals surface area contributed by atoms with Crippen molar-refractivity contribution in [3.63, 3.8) is 0 Å².